The Morgan fingerprint density at radius 2 is 1.91 bits per heavy atom. The highest BCUT2D eigenvalue weighted by Crippen LogP contribution is 2.65. The summed E-state index contributed by atoms with van der Waals surface area (Å²) < 4.78 is 0. The first-order valence-electron chi connectivity index (χ1n) is 9.64. The highest BCUT2D eigenvalue weighted by atomic mass is 16.1. The smallest absolute Gasteiger partial charge is 0.156 e. The minimum Gasteiger partial charge on any atom is -0.299 e. The fourth-order valence-corrected chi connectivity index (χ4v) is 7.12. The second-order valence-electron chi connectivity index (χ2n) is 9.14. The molecule has 0 aliphatic heterocycles. The third-order valence-corrected chi connectivity index (χ3v) is 8.42. The van der Waals surface area contributed by atoms with Crippen LogP contribution >= 0.6 is 0 Å². The molecule has 4 aliphatic rings. The van der Waals surface area contributed by atoms with Crippen LogP contribution in [0.2, 0.25) is 0 Å². The molecule has 3 saturated carbocycles. The van der Waals surface area contributed by atoms with Gasteiger partial charge < -0.3 is 0 Å². The van der Waals surface area contributed by atoms with E-state index < -0.39 is 5.41 Å². The lowest BCUT2D eigenvalue weighted by atomic mass is 9.44. The highest BCUT2D eigenvalue weighted by molar-refractivity contribution is 6.04. The van der Waals surface area contributed by atoms with Crippen molar-refractivity contribution in [2.45, 2.75) is 72.1 Å². The summed E-state index contributed by atoms with van der Waals surface area (Å²) in [5.41, 5.74) is 0.712. The van der Waals surface area contributed by atoms with E-state index in [1.54, 1.807) is 6.92 Å². The lowest BCUT2D eigenvalue weighted by Gasteiger charge is -2.59. The standard InChI is InChI=1S/C21H30O2/c1-13(22)16-9-10-17-15-8-7-14-6-4-5-11-20(14,2)18(15)12-19(23)21(16,17)3/h9,14-15,17-18H,4-8,10-12H2,1-3H3/t14?,15-,17-,18-,20-,21+/m0/s1. The van der Waals surface area contributed by atoms with E-state index in [1.165, 1.54) is 38.5 Å². The molecule has 2 nitrogen and oxygen atoms in total. The summed E-state index contributed by atoms with van der Waals surface area (Å²) >= 11 is 0. The number of fused-ring (bicyclic) bond motifs is 5. The largest absolute Gasteiger partial charge is 0.299 e. The summed E-state index contributed by atoms with van der Waals surface area (Å²) in [6.45, 7) is 6.20. The maximum absolute atomic E-state index is 13.2. The summed E-state index contributed by atoms with van der Waals surface area (Å²) in [6.07, 6.45) is 11.8. The maximum atomic E-state index is 13.2. The van der Waals surface area contributed by atoms with Crippen LogP contribution in [0, 0.1) is 34.5 Å². The van der Waals surface area contributed by atoms with Gasteiger partial charge in [0.25, 0.3) is 0 Å². The van der Waals surface area contributed by atoms with E-state index in [2.05, 4.69) is 19.9 Å². The van der Waals surface area contributed by atoms with Gasteiger partial charge in [-0.1, -0.05) is 25.8 Å². The first-order valence-corrected chi connectivity index (χ1v) is 9.64. The lowest BCUT2D eigenvalue weighted by molar-refractivity contribution is -0.150. The van der Waals surface area contributed by atoms with Crippen molar-refractivity contribution in [1.82, 2.24) is 0 Å². The number of allylic oxidation sites excluding steroid dienone is 2. The third kappa shape index (κ3) is 1.93. The fraction of sp³-hybridized carbons (Fsp3) is 0.810. The molecule has 0 saturated heterocycles. The van der Waals surface area contributed by atoms with Gasteiger partial charge in [0, 0.05) is 12.0 Å². The average molecular weight is 314 g/mol. The molecule has 0 aromatic heterocycles. The van der Waals surface area contributed by atoms with E-state index in [9.17, 15) is 9.59 Å². The zero-order valence-corrected chi connectivity index (χ0v) is 14.9. The molecule has 4 rings (SSSR count). The Morgan fingerprint density at radius 1 is 1.13 bits per heavy atom. The predicted octanol–water partition coefficient (Wildman–Crippen LogP) is 4.72. The van der Waals surface area contributed by atoms with Crippen molar-refractivity contribution in [3.63, 3.8) is 0 Å². The van der Waals surface area contributed by atoms with Gasteiger partial charge in [0.05, 0.1) is 5.41 Å². The second kappa shape index (κ2) is 5.04. The minimum absolute atomic E-state index is 0.111. The molecule has 23 heavy (non-hydrogen) atoms. The highest BCUT2D eigenvalue weighted by Gasteiger charge is 2.61. The Bertz CT molecular complexity index is 589. The number of rotatable bonds is 1. The summed E-state index contributed by atoms with van der Waals surface area (Å²) in [4.78, 5) is 25.3. The van der Waals surface area contributed by atoms with Gasteiger partial charge in [-0.25, -0.2) is 0 Å². The molecular weight excluding hydrogens is 284 g/mol. The molecule has 1 unspecified atom stereocenters. The Labute approximate surface area is 140 Å². The molecule has 126 valence electrons. The van der Waals surface area contributed by atoms with Gasteiger partial charge in [0.1, 0.15) is 5.78 Å². The van der Waals surface area contributed by atoms with Crippen molar-refractivity contribution in [3.8, 4) is 0 Å². The van der Waals surface area contributed by atoms with E-state index in [-0.39, 0.29) is 5.78 Å². The molecule has 0 heterocycles. The number of hydrogen-bond donors (Lipinski definition) is 0. The van der Waals surface area contributed by atoms with Gasteiger partial charge in [-0.3, -0.25) is 9.59 Å². The Kier molecular flexibility index (Phi) is 3.42. The molecule has 0 aromatic carbocycles. The van der Waals surface area contributed by atoms with Crippen LogP contribution in [0.4, 0.5) is 0 Å². The number of Topliss-reactive ketones (excluding diaryl/α,β-unsaturated/α-hetero) is 2. The van der Waals surface area contributed by atoms with Gasteiger partial charge in [-0.05, 0) is 75.0 Å². The third-order valence-electron chi connectivity index (χ3n) is 8.42. The lowest BCUT2D eigenvalue weighted by Crippen LogP contribution is -2.56. The van der Waals surface area contributed by atoms with Gasteiger partial charge in [-0.2, -0.15) is 0 Å². The van der Waals surface area contributed by atoms with Crippen LogP contribution < -0.4 is 0 Å². The number of ketones is 2. The van der Waals surface area contributed by atoms with Crippen LogP contribution in [0.5, 0.6) is 0 Å². The van der Waals surface area contributed by atoms with Crippen molar-refractivity contribution in [2.75, 3.05) is 0 Å². The normalized spacial score (nSPS) is 49.0. The van der Waals surface area contributed by atoms with E-state index in [1.807, 2.05) is 0 Å². The quantitative estimate of drug-likeness (QED) is 0.701. The summed E-state index contributed by atoms with van der Waals surface area (Å²) in [5.74, 6) is 2.88. The van der Waals surface area contributed by atoms with Crippen molar-refractivity contribution in [3.05, 3.63) is 11.6 Å². The maximum Gasteiger partial charge on any atom is 0.156 e. The van der Waals surface area contributed by atoms with Gasteiger partial charge in [-0.15, -0.1) is 0 Å². The summed E-state index contributed by atoms with van der Waals surface area (Å²) in [5, 5.41) is 0. The molecule has 3 fully saturated rings. The van der Waals surface area contributed by atoms with Crippen molar-refractivity contribution in [1.29, 1.82) is 0 Å². The number of carbonyl (C=O) groups excluding carboxylic acids is 2. The number of hydrogen-bond acceptors (Lipinski definition) is 2. The Balaban J connectivity index is 1.71. The van der Waals surface area contributed by atoms with E-state index in [0.717, 1.165) is 24.3 Å². The molecule has 0 N–H and O–H groups in total. The van der Waals surface area contributed by atoms with E-state index >= 15 is 0 Å². The van der Waals surface area contributed by atoms with Crippen LogP contribution in [0.3, 0.4) is 0 Å². The van der Waals surface area contributed by atoms with Gasteiger partial charge >= 0.3 is 0 Å². The second-order valence-corrected chi connectivity index (χ2v) is 9.14. The summed E-state index contributed by atoms with van der Waals surface area (Å²) in [7, 11) is 0. The molecule has 2 heteroatoms. The van der Waals surface area contributed by atoms with Crippen LogP contribution in [-0.4, -0.2) is 11.6 Å². The van der Waals surface area contributed by atoms with Crippen molar-refractivity contribution in [2.24, 2.45) is 34.5 Å². The zero-order valence-electron chi connectivity index (χ0n) is 14.9. The van der Waals surface area contributed by atoms with Crippen LogP contribution in [0.25, 0.3) is 0 Å². The van der Waals surface area contributed by atoms with Gasteiger partial charge in [0.2, 0.25) is 0 Å². The molecule has 0 aromatic rings. The molecule has 0 spiro atoms. The topological polar surface area (TPSA) is 34.1 Å². The predicted molar refractivity (Wildman–Crippen MR) is 90.9 cm³/mol. The van der Waals surface area contributed by atoms with Gasteiger partial charge in [0.15, 0.2) is 5.78 Å². The van der Waals surface area contributed by atoms with Crippen molar-refractivity contribution >= 4 is 11.6 Å². The SMILES string of the molecule is CC(=O)C1=CC[C@H]2[C@@H]3CCC4CCCC[C@]4(C)[C@H]3CC(=O)[C@]12C. The fourth-order valence-electron chi connectivity index (χ4n) is 7.12. The Hall–Kier alpha value is -0.920. The number of carbonyl (C=O) groups is 2. The molecule has 0 bridgehead atoms. The average Bonchev–Trinajstić information content (AvgIpc) is 2.87. The molecular formula is C21H30O2. The van der Waals surface area contributed by atoms with Crippen LogP contribution in [-0.2, 0) is 9.59 Å². The molecule has 0 amide bonds. The van der Waals surface area contributed by atoms with E-state index in [0.29, 0.717) is 29.0 Å². The monoisotopic (exact) mass is 314 g/mol. The molecule has 0 radical (unpaired) electrons. The Morgan fingerprint density at radius 3 is 2.65 bits per heavy atom. The van der Waals surface area contributed by atoms with E-state index in [4.69, 9.17) is 0 Å². The summed E-state index contributed by atoms with van der Waals surface area (Å²) in [6, 6.07) is 0. The first kappa shape index (κ1) is 15.6. The minimum atomic E-state index is -0.481. The molecule has 4 aliphatic carbocycles. The first-order chi connectivity index (χ1) is 10.9. The van der Waals surface area contributed by atoms with Crippen LogP contribution in [0.1, 0.15) is 72.1 Å². The van der Waals surface area contributed by atoms with Crippen molar-refractivity contribution < 1.29 is 9.59 Å². The van der Waals surface area contributed by atoms with Crippen LogP contribution in [0.15, 0.2) is 11.6 Å². The molecule has 6 atom stereocenters. The zero-order chi connectivity index (χ0) is 16.4.